The Hall–Kier alpha value is -3.29. The van der Waals surface area contributed by atoms with Gasteiger partial charge in [-0.15, -0.1) is 0 Å². The first kappa shape index (κ1) is 21.6. The van der Waals surface area contributed by atoms with Crippen LogP contribution in [0.15, 0.2) is 54.7 Å². The van der Waals surface area contributed by atoms with E-state index < -0.39 is 17.7 Å². The third-order valence-corrected chi connectivity index (χ3v) is 7.62. The van der Waals surface area contributed by atoms with Gasteiger partial charge in [-0.3, -0.25) is 9.59 Å². The number of nitrogens with one attached hydrogen (secondary N) is 1. The molecule has 5 nitrogen and oxygen atoms in total. The van der Waals surface area contributed by atoms with E-state index in [1.54, 1.807) is 12.1 Å². The van der Waals surface area contributed by atoms with E-state index >= 15 is 0 Å². The molecular weight excluding hydrogens is 433 g/mol. The molecule has 1 aromatic heterocycles. The molecule has 6 rings (SSSR count). The van der Waals surface area contributed by atoms with E-state index in [0.717, 1.165) is 23.0 Å². The highest BCUT2D eigenvalue weighted by Gasteiger charge is 2.74. The van der Waals surface area contributed by atoms with Crippen molar-refractivity contribution in [3.63, 3.8) is 0 Å². The first-order chi connectivity index (χ1) is 15.5. The lowest BCUT2D eigenvalue weighted by molar-refractivity contribution is -0.222. The van der Waals surface area contributed by atoms with E-state index in [-0.39, 0.29) is 29.2 Å². The molecule has 8 heteroatoms. The fraction of sp³-hybridized carbons (Fsp3) is 0.360. The summed E-state index contributed by atoms with van der Waals surface area (Å²) in [6.07, 6.45) is -1.10. The van der Waals surface area contributed by atoms with Gasteiger partial charge in [-0.2, -0.15) is 13.2 Å². The molecule has 3 aromatic rings. The van der Waals surface area contributed by atoms with Gasteiger partial charge in [-0.05, 0) is 54.0 Å². The maximum absolute atomic E-state index is 13.3. The van der Waals surface area contributed by atoms with E-state index in [9.17, 15) is 22.8 Å². The number of aliphatic carboxylic acids is 1. The van der Waals surface area contributed by atoms with Crippen molar-refractivity contribution in [2.45, 2.75) is 44.4 Å². The number of aromatic nitrogens is 1. The second kappa shape index (κ2) is 7.10. The van der Waals surface area contributed by atoms with Gasteiger partial charge < -0.3 is 15.0 Å². The number of benzene rings is 2. The molecule has 0 aliphatic heterocycles. The van der Waals surface area contributed by atoms with Crippen LogP contribution in [0, 0.1) is 11.3 Å². The lowest BCUT2D eigenvalue weighted by Gasteiger charge is -2.75. The standard InChI is InChI=1S/C25H23F3N2O3/c1-15-23(11-20(31)32)13-24(15,14-23)29-22(33)19-4-2-3-17-9-10-30(21(17)19)12-16-5-7-18(8-6-16)25(26,27)28/h2-10,15H,11-14H2,1H3,(H,29,33)(H,31,32)/t15-,23?,24?/m0/s1. The van der Waals surface area contributed by atoms with Crippen LogP contribution in [0.25, 0.3) is 10.9 Å². The minimum Gasteiger partial charge on any atom is -0.481 e. The Morgan fingerprint density at radius 3 is 2.42 bits per heavy atom. The van der Waals surface area contributed by atoms with E-state index in [1.807, 2.05) is 29.8 Å². The van der Waals surface area contributed by atoms with Crippen LogP contribution in [-0.2, 0) is 17.5 Å². The van der Waals surface area contributed by atoms with Crippen molar-refractivity contribution in [3.8, 4) is 0 Å². The fourth-order valence-corrected chi connectivity index (χ4v) is 5.78. The molecule has 3 aliphatic rings. The first-order valence-electron chi connectivity index (χ1n) is 10.8. The number of halogens is 3. The molecule has 0 spiro atoms. The molecule has 0 radical (unpaired) electrons. The molecule has 33 heavy (non-hydrogen) atoms. The Kier molecular flexibility index (Phi) is 4.64. The van der Waals surface area contributed by atoms with Gasteiger partial charge in [-0.25, -0.2) is 0 Å². The SMILES string of the molecule is C[C@H]1C2(CC(=O)O)CC1(NC(=O)c1cccc3ccn(Cc4ccc(C(F)(F)F)cc4)c13)C2. The maximum atomic E-state index is 13.3. The van der Waals surface area contributed by atoms with Crippen LogP contribution < -0.4 is 5.32 Å². The van der Waals surface area contributed by atoms with Crippen LogP contribution >= 0.6 is 0 Å². The van der Waals surface area contributed by atoms with Gasteiger partial charge in [0.2, 0.25) is 0 Å². The van der Waals surface area contributed by atoms with Crippen molar-refractivity contribution in [2.24, 2.45) is 11.3 Å². The van der Waals surface area contributed by atoms with Gasteiger partial charge in [0.15, 0.2) is 0 Å². The molecule has 0 unspecified atom stereocenters. The molecular formula is C25H23F3N2O3. The summed E-state index contributed by atoms with van der Waals surface area (Å²) in [6.45, 7) is 2.32. The quantitative estimate of drug-likeness (QED) is 0.543. The number of rotatable bonds is 6. The highest BCUT2D eigenvalue weighted by Crippen LogP contribution is 2.72. The molecule has 1 heterocycles. The van der Waals surface area contributed by atoms with Gasteiger partial charge in [0.1, 0.15) is 0 Å². The van der Waals surface area contributed by atoms with Crippen LogP contribution in [0.5, 0.6) is 0 Å². The normalized spacial score (nSPS) is 25.9. The van der Waals surface area contributed by atoms with Crippen LogP contribution in [0.2, 0.25) is 0 Å². The average Bonchev–Trinajstić information content (AvgIpc) is 3.14. The topological polar surface area (TPSA) is 71.3 Å². The monoisotopic (exact) mass is 456 g/mol. The lowest BCUT2D eigenvalue weighted by atomic mass is 9.32. The van der Waals surface area contributed by atoms with Crippen LogP contribution in [-0.4, -0.2) is 27.1 Å². The van der Waals surface area contributed by atoms with Crippen molar-refractivity contribution < 1.29 is 27.9 Å². The number of fused-ring (bicyclic) bond motifs is 1. The summed E-state index contributed by atoms with van der Waals surface area (Å²) in [5.41, 5.74) is 0.632. The number of hydrogen-bond acceptors (Lipinski definition) is 2. The zero-order chi connectivity index (χ0) is 23.6. The molecule has 2 bridgehead atoms. The van der Waals surface area contributed by atoms with Gasteiger partial charge in [-0.1, -0.05) is 31.2 Å². The predicted molar refractivity (Wildman–Crippen MR) is 116 cm³/mol. The number of para-hydroxylation sites is 1. The summed E-state index contributed by atoms with van der Waals surface area (Å²) in [5.74, 6) is -0.932. The number of carbonyl (C=O) groups is 2. The summed E-state index contributed by atoms with van der Waals surface area (Å²) in [5, 5.41) is 13.2. The van der Waals surface area contributed by atoms with Crippen molar-refractivity contribution >= 4 is 22.8 Å². The minimum absolute atomic E-state index is 0.100. The molecule has 3 fully saturated rings. The molecule has 2 N–H and O–H groups in total. The number of carboxylic acid groups (broad SMARTS) is 1. The summed E-state index contributed by atoms with van der Waals surface area (Å²) in [4.78, 5) is 24.4. The number of carbonyl (C=O) groups excluding carboxylic acids is 1. The van der Waals surface area contributed by atoms with Gasteiger partial charge >= 0.3 is 12.1 Å². The third kappa shape index (κ3) is 3.39. The fourth-order valence-electron chi connectivity index (χ4n) is 5.78. The first-order valence-corrected chi connectivity index (χ1v) is 10.8. The number of nitrogens with zero attached hydrogens (tertiary/aromatic N) is 1. The smallest absolute Gasteiger partial charge is 0.416 e. The number of hydrogen-bond donors (Lipinski definition) is 2. The molecule has 3 aliphatic carbocycles. The molecule has 0 saturated heterocycles. The third-order valence-electron chi connectivity index (χ3n) is 7.62. The number of alkyl halides is 3. The molecule has 3 saturated carbocycles. The number of amides is 1. The largest absolute Gasteiger partial charge is 0.481 e. The van der Waals surface area contributed by atoms with Crippen molar-refractivity contribution in [1.82, 2.24) is 9.88 Å². The predicted octanol–water partition coefficient (Wildman–Crippen LogP) is 5.08. The van der Waals surface area contributed by atoms with Crippen LogP contribution in [0.4, 0.5) is 13.2 Å². The Morgan fingerprint density at radius 2 is 1.82 bits per heavy atom. The summed E-state index contributed by atoms with van der Waals surface area (Å²) in [7, 11) is 0. The summed E-state index contributed by atoms with van der Waals surface area (Å²) < 4.78 is 40.4. The Morgan fingerprint density at radius 1 is 1.12 bits per heavy atom. The van der Waals surface area contributed by atoms with Crippen LogP contribution in [0.1, 0.15) is 47.7 Å². The Labute approximate surface area is 188 Å². The highest BCUT2D eigenvalue weighted by atomic mass is 19.4. The molecule has 2 aromatic carbocycles. The zero-order valence-corrected chi connectivity index (χ0v) is 17.9. The lowest BCUT2D eigenvalue weighted by Crippen LogP contribution is -2.81. The van der Waals surface area contributed by atoms with Gasteiger partial charge in [0.25, 0.3) is 5.91 Å². The second-order valence-corrected chi connectivity index (χ2v) is 9.50. The highest BCUT2D eigenvalue weighted by molar-refractivity contribution is 6.06. The van der Waals surface area contributed by atoms with E-state index in [4.69, 9.17) is 5.11 Å². The van der Waals surface area contributed by atoms with Crippen molar-refractivity contribution in [3.05, 3.63) is 71.4 Å². The van der Waals surface area contributed by atoms with E-state index in [2.05, 4.69) is 5.32 Å². The van der Waals surface area contributed by atoms with Crippen LogP contribution in [0.3, 0.4) is 0 Å². The molecule has 1 atom stereocenters. The van der Waals surface area contributed by atoms with Crippen molar-refractivity contribution in [1.29, 1.82) is 0 Å². The maximum Gasteiger partial charge on any atom is 0.416 e. The second-order valence-electron chi connectivity index (χ2n) is 9.50. The Bertz CT molecular complexity index is 1250. The minimum atomic E-state index is -4.38. The van der Waals surface area contributed by atoms with E-state index in [0.29, 0.717) is 30.5 Å². The molecule has 172 valence electrons. The summed E-state index contributed by atoms with van der Waals surface area (Å²) >= 11 is 0. The van der Waals surface area contributed by atoms with Crippen molar-refractivity contribution in [2.75, 3.05) is 0 Å². The average molecular weight is 456 g/mol. The number of carboxylic acids is 1. The van der Waals surface area contributed by atoms with Gasteiger partial charge in [0, 0.05) is 23.7 Å². The Balaban J connectivity index is 1.38. The zero-order valence-electron chi connectivity index (χ0n) is 17.9. The summed E-state index contributed by atoms with van der Waals surface area (Å²) in [6, 6.07) is 12.3. The van der Waals surface area contributed by atoms with Gasteiger partial charge in [0.05, 0.1) is 23.1 Å². The van der Waals surface area contributed by atoms with E-state index in [1.165, 1.54) is 12.1 Å². The molecule has 1 amide bonds.